The molecular weight excluding hydrogens is 374 g/mol. The number of halogens is 1. The largest absolute Gasteiger partial charge is 0.481 e. The average Bonchev–Trinajstić information content (AvgIpc) is 2.84. The number of rotatable bonds is 4. The van der Waals surface area contributed by atoms with Crippen LogP contribution in [-0.4, -0.2) is 26.4 Å². The summed E-state index contributed by atoms with van der Waals surface area (Å²) in [6.07, 6.45) is 1.74. The number of nitrogens with zero attached hydrogens (tertiary/aromatic N) is 2. The quantitative estimate of drug-likeness (QED) is 0.719. The van der Waals surface area contributed by atoms with Crippen LogP contribution in [0.5, 0.6) is 0 Å². The molecule has 0 saturated heterocycles. The van der Waals surface area contributed by atoms with Gasteiger partial charge in [0.05, 0.1) is 12.1 Å². The molecule has 0 bridgehead atoms. The minimum absolute atomic E-state index is 0.0470. The zero-order chi connectivity index (χ0) is 17.3. The third kappa shape index (κ3) is 3.30. The third-order valence-corrected chi connectivity index (χ3v) is 4.01. The van der Waals surface area contributed by atoms with Gasteiger partial charge in [-0.3, -0.25) is 14.0 Å². The van der Waals surface area contributed by atoms with E-state index in [9.17, 15) is 9.59 Å². The van der Waals surface area contributed by atoms with Gasteiger partial charge in [0, 0.05) is 16.4 Å². The van der Waals surface area contributed by atoms with Crippen LogP contribution in [0.2, 0.25) is 0 Å². The van der Waals surface area contributed by atoms with Crippen LogP contribution in [0.4, 0.5) is 5.69 Å². The number of nitrogens with one attached hydrogen (secondary N) is 1. The van der Waals surface area contributed by atoms with Crippen LogP contribution in [0.15, 0.2) is 47.1 Å². The normalized spacial score (nSPS) is 10.8. The first-order valence-electron chi connectivity index (χ1n) is 7.20. The standard InChI is InChI=1S/C17H14BrN3O3/c1-10-16(21-9-12(18)4-7-14(21)19-10)17(24)20-13-5-2-11(3-6-13)8-15(22)23/h2-7,9H,8H2,1H3,(H,20,24)(H,22,23). The molecular formula is C17H14BrN3O3. The van der Waals surface area contributed by atoms with E-state index in [2.05, 4.69) is 26.2 Å². The predicted octanol–water partition coefficient (Wildman–Crippen LogP) is 3.28. The third-order valence-electron chi connectivity index (χ3n) is 3.54. The van der Waals surface area contributed by atoms with Crippen LogP contribution in [0.25, 0.3) is 5.65 Å². The van der Waals surface area contributed by atoms with Gasteiger partial charge in [-0.2, -0.15) is 0 Å². The Bertz CT molecular complexity index is 932. The number of carboxylic acid groups (broad SMARTS) is 1. The summed E-state index contributed by atoms with van der Waals surface area (Å²) >= 11 is 3.39. The van der Waals surface area contributed by atoms with Crippen molar-refractivity contribution in [3.8, 4) is 0 Å². The topological polar surface area (TPSA) is 83.7 Å². The fraction of sp³-hybridized carbons (Fsp3) is 0.118. The van der Waals surface area contributed by atoms with E-state index in [0.717, 1.165) is 4.47 Å². The van der Waals surface area contributed by atoms with E-state index in [0.29, 0.717) is 28.3 Å². The highest BCUT2D eigenvalue weighted by Crippen LogP contribution is 2.18. The number of pyridine rings is 1. The Kier molecular flexibility index (Phi) is 4.35. The molecule has 0 unspecified atom stereocenters. The summed E-state index contributed by atoms with van der Waals surface area (Å²) in [5.74, 6) is -1.16. The summed E-state index contributed by atoms with van der Waals surface area (Å²) in [5, 5.41) is 11.6. The number of aromatic nitrogens is 2. The Labute approximate surface area is 146 Å². The van der Waals surface area contributed by atoms with E-state index in [4.69, 9.17) is 5.11 Å². The Morgan fingerprint density at radius 1 is 1.21 bits per heavy atom. The number of amides is 1. The minimum Gasteiger partial charge on any atom is -0.481 e. The minimum atomic E-state index is -0.890. The summed E-state index contributed by atoms with van der Waals surface area (Å²) in [7, 11) is 0. The molecule has 0 atom stereocenters. The van der Waals surface area contributed by atoms with Gasteiger partial charge >= 0.3 is 5.97 Å². The number of hydrogen-bond donors (Lipinski definition) is 2. The molecule has 0 radical (unpaired) electrons. The Hall–Kier alpha value is -2.67. The molecule has 0 saturated carbocycles. The van der Waals surface area contributed by atoms with Crippen LogP contribution >= 0.6 is 15.9 Å². The van der Waals surface area contributed by atoms with Crippen molar-refractivity contribution >= 4 is 39.1 Å². The highest BCUT2D eigenvalue weighted by atomic mass is 79.9. The smallest absolute Gasteiger partial charge is 0.307 e. The van der Waals surface area contributed by atoms with E-state index >= 15 is 0 Å². The second kappa shape index (κ2) is 6.45. The highest BCUT2D eigenvalue weighted by Gasteiger charge is 2.17. The van der Waals surface area contributed by atoms with E-state index in [1.54, 1.807) is 41.8 Å². The number of fused-ring (bicyclic) bond motifs is 1. The summed E-state index contributed by atoms with van der Waals surface area (Å²) in [6, 6.07) is 10.4. The van der Waals surface area contributed by atoms with Crippen LogP contribution < -0.4 is 5.32 Å². The number of carboxylic acids is 1. The molecule has 0 spiro atoms. The van der Waals surface area contributed by atoms with Gasteiger partial charge in [-0.1, -0.05) is 12.1 Å². The van der Waals surface area contributed by atoms with Gasteiger partial charge in [0.25, 0.3) is 5.91 Å². The molecule has 122 valence electrons. The van der Waals surface area contributed by atoms with Crippen molar-refractivity contribution in [1.82, 2.24) is 9.38 Å². The lowest BCUT2D eigenvalue weighted by Crippen LogP contribution is -2.15. The fourth-order valence-electron chi connectivity index (χ4n) is 2.48. The maximum Gasteiger partial charge on any atom is 0.307 e. The number of hydrogen-bond acceptors (Lipinski definition) is 3. The Balaban J connectivity index is 1.86. The average molecular weight is 388 g/mol. The van der Waals surface area contributed by atoms with Gasteiger partial charge in [-0.05, 0) is 52.7 Å². The molecule has 0 aliphatic rings. The van der Waals surface area contributed by atoms with Crippen LogP contribution in [0, 0.1) is 6.92 Å². The molecule has 1 amide bonds. The van der Waals surface area contributed by atoms with E-state index in [1.807, 2.05) is 12.1 Å². The Morgan fingerprint density at radius 2 is 1.92 bits per heavy atom. The monoisotopic (exact) mass is 387 g/mol. The van der Waals surface area contributed by atoms with Crippen LogP contribution in [-0.2, 0) is 11.2 Å². The maximum absolute atomic E-state index is 12.6. The van der Waals surface area contributed by atoms with E-state index < -0.39 is 5.97 Å². The van der Waals surface area contributed by atoms with Gasteiger partial charge < -0.3 is 10.4 Å². The second-order valence-electron chi connectivity index (χ2n) is 5.34. The van der Waals surface area contributed by atoms with E-state index in [1.165, 1.54) is 0 Å². The molecule has 3 rings (SSSR count). The van der Waals surface area contributed by atoms with Crippen molar-refractivity contribution in [1.29, 1.82) is 0 Å². The van der Waals surface area contributed by atoms with Gasteiger partial charge in [0.15, 0.2) is 0 Å². The Morgan fingerprint density at radius 3 is 2.58 bits per heavy atom. The molecule has 0 fully saturated rings. The number of benzene rings is 1. The van der Waals surface area contributed by atoms with Gasteiger partial charge in [-0.25, -0.2) is 4.98 Å². The SMILES string of the molecule is Cc1nc2ccc(Br)cn2c1C(=O)Nc1ccc(CC(=O)O)cc1. The molecule has 2 heterocycles. The maximum atomic E-state index is 12.6. The first kappa shape index (κ1) is 16.2. The number of aliphatic carboxylic acids is 1. The summed E-state index contributed by atoms with van der Waals surface area (Å²) in [6.45, 7) is 1.78. The van der Waals surface area contributed by atoms with Crippen LogP contribution in [0.3, 0.4) is 0 Å². The first-order valence-corrected chi connectivity index (χ1v) is 7.99. The number of carbonyl (C=O) groups is 2. The number of imidazole rings is 1. The van der Waals surface area contributed by atoms with Crippen molar-refractivity contribution in [2.75, 3.05) is 5.32 Å². The van der Waals surface area contributed by atoms with Crippen molar-refractivity contribution < 1.29 is 14.7 Å². The number of carbonyl (C=O) groups excluding carboxylic acids is 1. The molecule has 24 heavy (non-hydrogen) atoms. The van der Waals surface area contributed by atoms with Crippen molar-refractivity contribution in [3.05, 3.63) is 64.0 Å². The number of anilines is 1. The van der Waals surface area contributed by atoms with Crippen molar-refractivity contribution in [3.63, 3.8) is 0 Å². The predicted molar refractivity (Wildman–Crippen MR) is 93.4 cm³/mol. The lowest BCUT2D eigenvalue weighted by Gasteiger charge is -2.07. The molecule has 0 aliphatic heterocycles. The molecule has 1 aromatic carbocycles. The van der Waals surface area contributed by atoms with Crippen molar-refractivity contribution in [2.24, 2.45) is 0 Å². The first-order chi connectivity index (χ1) is 11.4. The lowest BCUT2D eigenvalue weighted by atomic mass is 10.1. The molecule has 2 N–H and O–H groups in total. The van der Waals surface area contributed by atoms with Gasteiger partial charge in [0.1, 0.15) is 11.3 Å². The summed E-state index contributed by atoms with van der Waals surface area (Å²) < 4.78 is 2.58. The zero-order valence-electron chi connectivity index (χ0n) is 12.8. The summed E-state index contributed by atoms with van der Waals surface area (Å²) in [5.41, 5.74) is 3.06. The zero-order valence-corrected chi connectivity index (χ0v) is 14.4. The molecule has 3 aromatic rings. The molecule has 7 heteroatoms. The van der Waals surface area contributed by atoms with E-state index in [-0.39, 0.29) is 12.3 Å². The fourth-order valence-corrected chi connectivity index (χ4v) is 2.82. The number of aryl methyl sites for hydroxylation is 1. The lowest BCUT2D eigenvalue weighted by molar-refractivity contribution is -0.136. The van der Waals surface area contributed by atoms with Gasteiger partial charge in [0.2, 0.25) is 0 Å². The van der Waals surface area contributed by atoms with Crippen molar-refractivity contribution in [2.45, 2.75) is 13.3 Å². The van der Waals surface area contributed by atoms with Gasteiger partial charge in [-0.15, -0.1) is 0 Å². The molecule has 6 nitrogen and oxygen atoms in total. The molecule has 2 aromatic heterocycles. The second-order valence-corrected chi connectivity index (χ2v) is 6.26. The highest BCUT2D eigenvalue weighted by molar-refractivity contribution is 9.10. The summed E-state index contributed by atoms with van der Waals surface area (Å²) in [4.78, 5) is 27.7. The van der Waals surface area contributed by atoms with Crippen LogP contribution in [0.1, 0.15) is 21.7 Å². The molecule has 0 aliphatic carbocycles.